The van der Waals surface area contributed by atoms with Crippen molar-refractivity contribution in [3.63, 3.8) is 0 Å². The van der Waals surface area contributed by atoms with Crippen molar-refractivity contribution in [2.75, 3.05) is 0 Å². The molecule has 0 aromatic heterocycles. The maximum absolute atomic E-state index is 13.7. The van der Waals surface area contributed by atoms with Gasteiger partial charge in [0.2, 0.25) is 5.91 Å². The zero-order chi connectivity index (χ0) is 25.0. The first-order valence-corrected chi connectivity index (χ1v) is 13.2. The minimum atomic E-state index is -1.23. The van der Waals surface area contributed by atoms with Crippen LogP contribution in [-0.4, -0.2) is 17.2 Å². The van der Waals surface area contributed by atoms with Crippen LogP contribution in [0.5, 0.6) is 0 Å². The Labute approximate surface area is 209 Å². The van der Waals surface area contributed by atoms with E-state index >= 15 is 0 Å². The van der Waals surface area contributed by atoms with Gasteiger partial charge in [0.15, 0.2) is 0 Å². The molecule has 0 saturated heterocycles. The number of carboxylic acid groups (broad SMARTS) is 1. The smallest absolute Gasteiger partial charge is 0.449 e. The summed E-state index contributed by atoms with van der Waals surface area (Å²) in [7, 11) is 0. The summed E-state index contributed by atoms with van der Waals surface area (Å²) < 4.78 is 5.01. The largest absolute Gasteiger partial charge is 0.511 e. The molecule has 1 aromatic rings. The fourth-order valence-corrected chi connectivity index (χ4v) is 8.25. The third kappa shape index (κ3) is 4.01. The lowest BCUT2D eigenvalue weighted by molar-refractivity contribution is -0.133. The molecule has 2 saturated carbocycles. The number of nitrogens with one attached hydrogen (secondary N) is 1. The van der Waals surface area contributed by atoms with E-state index in [9.17, 15) is 9.59 Å². The molecule has 2 N–H and O–H groups in total. The molecule has 4 aliphatic rings. The van der Waals surface area contributed by atoms with Gasteiger partial charge >= 0.3 is 6.16 Å². The van der Waals surface area contributed by atoms with Gasteiger partial charge in [-0.2, -0.15) is 0 Å². The molecule has 5 nitrogen and oxygen atoms in total. The average molecular weight is 478 g/mol. The van der Waals surface area contributed by atoms with Gasteiger partial charge in [0, 0.05) is 12.3 Å². The number of hydrogen-bond acceptors (Lipinski definition) is 3. The van der Waals surface area contributed by atoms with Crippen molar-refractivity contribution in [3.05, 3.63) is 59.4 Å². The van der Waals surface area contributed by atoms with Crippen molar-refractivity contribution in [2.45, 2.75) is 78.2 Å². The van der Waals surface area contributed by atoms with Gasteiger partial charge in [0.05, 0.1) is 5.54 Å². The number of ether oxygens (including phenoxy) is 1. The summed E-state index contributed by atoms with van der Waals surface area (Å²) in [6.45, 7) is 8.94. The van der Waals surface area contributed by atoms with Crippen LogP contribution in [0.2, 0.25) is 0 Å². The van der Waals surface area contributed by atoms with Gasteiger partial charge in [-0.1, -0.05) is 50.3 Å². The average Bonchev–Trinajstić information content (AvgIpc) is 3.17. The van der Waals surface area contributed by atoms with E-state index in [4.69, 9.17) is 9.84 Å². The molecule has 0 spiro atoms. The summed E-state index contributed by atoms with van der Waals surface area (Å²) in [4.78, 5) is 24.7. The Morgan fingerprint density at radius 2 is 1.80 bits per heavy atom. The van der Waals surface area contributed by atoms with Gasteiger partial charge in [0.25, 0.3) is 0 Å². The van der Waals surface area contributed by atoms with Crippen molar-refractivity contribution in [1.82, 2.24) is 5.32 Å². The van der Waals surface area contributed by atoms with E-state index in [1.54, 1.807) is 0 Å². The molecule has 35 heavy (non-hydrogen) atoms. The molecule has 1 amide bonds. The van der Waals surface area contributed by atoms with E-state index in [1.807, 2.05) is 24.3 Å². The van der Waals surface area contributed by atoms with Crippen LogP contribution in [0, 0.1) is 34.5 Å². The first-order chi connectivity index (χ1) is 16.5. The fourth-order valence-electron chi connectivity index (χ4n) is 8.25. The highest BCUT2D eigenvalue weighted by Crippen LogP contribution is 2.66. The Hall–Kier alpha value is -2.56. The Balaban J connectivity index is 1.35. The summed E-state index contributed by atoms with van der Waals surface area (Å²) in [5, 5.41) is 12.4. The second-order valence-corrected chi connectivity index (χ2v) is 12.3. The molecule has 1 unspecified atom stereocenters. The molecular weight excluding hydrogens is 438 g/mol. The fraction of sp³-hybridized carbons (Fsp3) is 0.600. The molecule has 0 bridgehead atoms. The third-order valence-electron chi connectivity index (χ3n) is 10.2. The van der Waals surface area contributed by atoms with E-state index in [2.05, 4.69) is 51.2 Å². The summed E-state index contributed by atoms with van der Waals surface area (Å²) in [5.74, 6) is 2.53. The quantitative estimate of drug-likeness (QED) is 0.467. The second kappa shape index (κ2) is 8.53. The number of fused-ring (bicyclic) bond motifs is 5. The van der Waals surface area contributed by atoms with Crippen LogP contribution in [0.25, 0.3) is 0 Å². The molecule has 2 fully saturated rings. The molecule has 5 heteroatoms. The predicted octanol–water partition coefficient (Wildman–Crippen LogP) is 6.81. The lowest BCUT2D eigenvalue weighted by Gasteiger charge is -2.57. The minimum Gasteiger partial charge on any atom is -0.449 e. The molecule has 5 rings (SSSR count). The number of benzene rings is 1. The van der Waals surface area contributed by atoms with Crippen molar-refractivity contribution < 1.29 is 19.4 Å². The standard InChI is InChI=1S/C30H39NO4/c1-28(2,19-8-6-5-7-9-19)31-26(32)25-13-12-23-22-11-10-20-18-21(35-27(33)34)14-16-29(20,3)24(22)15-17-30(23,25)4/h5-10,18,22-25H,11-17H2,1-4H3,(H,31,32)(H,33,34)/t22-,23-,24-,25?,29-,30-/m0/s1. The van der Waals surface area contributed by atoms with E-state index in [0.29, 0.717) is 29.9 Å². The summed E-state index contributed by atoms with van der Waals surface area (Å²) in [5.41, 5.74) is 2.07. The third-order valence-corrected chi connectivity index (χ3v) is 10.2. The van der Waals surface area contributed by atoms with Gasteiger partial charge in [-0.25, -0.2) is 4.79 Å². The zero-order valence-electron chi connectivity index (χ0n) is 21.5. The Morgan fingerprint density at radius 1 is 1.06 bits per heavy atom. The van der Waals surface area contributed by atoms with Crippen molar-refractivity contribution in [1.29, 1.82) is 0 Å². The van der Waals surface area contributed by atoms with Crippen molar-refractivity contribution in [2.24, 2.45) is 34.5 Å². The van der Waals surface area contributed by atoms with Crippen LogP contribution in [0.4, 0.5) is 4.79 Å². The van der Waals surface area contributed by atoms with Crippen molar-refractivity contribution >= 4 is 12.1 Å². The van der Waals surface area contributed by atoms with Crippen molar-refractivity contribution in [3.8, 4) is 0 Å². The number of amides is 1. The Bertz CT molecular complexity index is 1070. The normalized spacial score (nSPS) is 36.1. The molecular formula is C30H39NO4. The lowest BCUT2D eigenvalue weighted by Crippen LogP contribution is -2.52. The lowest BCUT2D eigenvalue weighted by atomic mass is 9.48. The highest BCUT2D eigenvalue weighted by molar-refractivity contribution is 5.81. The van der Waals surface area contributed by atoms with E-state index in [-0.39, 0.29) is 22.7 Å². The molecule has 188 valence electrons. The maximum Gasteiger partial charge on any atom is 0.511 e. The summed E-state index contributed by atoms with van der Waals surface area (Å²) >= 11 is 0. The highest BCUT2D eigenvalue weighted by Gasteiger charge is 2.59. The summed E-state index contributed by atoms with van der Waals surface area (Å²) in [6, 6.07) is 10.2. The molecule has 1 aromatic carbocycles. The van der Waals surface area contributed by atoms with E-state index in [0.717, 1.165) is 44.1 Å². The van der Waals surface area contributed by atoms with E-state index in [1.165, 1.54) is 5.57 Å². The van der Waals surface area contributed by atoms with Crippen LogP contribution >= 0.6 is 0 Å². The maximum atomic E-state index is 13.7. The summed E-state index contributed by atoms with van der Waals surface area (Å²) in [6.07, 6.45) is 9.98. The SMILES string of the molecule is CC(C)(NC(=O)C1CC[C@H]2[C@@H]3CC=C4C=C(OC(=O)O)CC[C@]4(C)[C@H]3CC[C@]12C)c1ccccc1. The predicted molar refractivity (Wildman–Crippen MR) is 135 cm³/mol. The number of rotatable bonds is 4. The zero-order valence-corrected chi connectivity index (χ0v) is 21.5. The molecule has 4 aliphatic carbocycles. The number of hydrogen-bond donors (Lipinski definition) is 2. The van der Waals surface area contributed by atoms with Crippen LogP contribution in [0.1, 0.15) is 78.2 Å². The highest BCUT2D eigenvalue weighted by atomic mass is 16.7. The molecule has 6 atom stereocenters. The van der Waals surface area contributed by atoms with Crippen LogP contribution in [-0.2, 0) is 15.1 Å². The number of carbonyl (C=O) groups excluding carboxylic acids is 1. The molecule has 0 aliphatic heterocycles. The number of carbonyl (C=O) groups is 2. The molecule has 0 heterocycles. The van der Waals surface area contributed by atoms with Gasteiger partial charge in [-0.3, -0.25) is 4.79 Å². The van der Waals surface area contributed by atoms with Gasteiger partial charge in [-0.05, 0) is 98.2 Å². The van der Waals surface area contributed by atoms with Crippen LogP contribution < -0.4 is 5.32 Å². The monoisotopic (exact) mass is 477 g/mol. The topological polar surface area (TPSA) is 75.6 Å². The Kier molecular flexibility index (Phi) is 5.89. The van der Waals surface area contributed by atoms with E-state index < -0.39 is 11.7 Å². The van der Waals surface area contributed by atoms with Gasteiger partial charge < -0.3 is 15.2 Å². The van der Waals surface area contributed by atoms with Gasteiger partial charge in [-0.15, -0.1) is 0 Å². The second-order valence-electron chi connectivity index (χ2n) is 12.3. The van der Waals surface area contributed by atoms with Crippen LogP contribution in [0.3, 0.4) is 0 Å². The minimum absolute atomic E-state index is 0.0296. The number of allylic oxidation sites excluding steroid dienone is 4. The van der Waals surface area contributed by atoms with Gasteiger partial charge in [0.1, 0.15) is 5.76 Å². The van der Waals surface area contributed by atoms with Crippen LogP contribution in [0.15, 0.2) is 53.8 Å². The first kappa shape index (κ1) is 24.1. The first-order valence-electron chi connectivity index (χ1n) is 13.2. The molecule has 0 radical (unpaired) electrons. The Morgan fingerprint density at radius 3 is 2.51 bits per heavy atom.